The van der Waals surface area contributed by atoms with Crippen LogP contribution in [0, 0.1) is 25.5 Å². The average Bonchev–Trinajstić information content (AvgIpc) is 2.80. The van der Waals surface area contributed by atoms with Gasteiger partial charge in [0.15, 0.2) is 11.6 Å². The molecule has 0 spiro atoms. The number of nitrogens with two attached hydrogens (primary N) is 1. The lowest BCUT2D eigenvalue weighted by Gasteiger charge is -2.15. The van der Waals surface area contributed by atoms with E-state index in [1.165, 1.54) is 6.07 Å². The quantitative estimate of drug-likeness (QED) is 0.857. The number of carbonyl (C=O) groups is 2. The van der Waals surface area contributed by atoms with E-state index >= 15 is 0 Å². The summed E-state index contributed by atoms with van der Waals surface area (Å²) < 4.78 is 26.5. The molecule has 1 atom stereocenters. The zero-order valence-electron chi connectivity index (χ0n) is 13.6. The Labute approximate surface area is 142 Å². The van der Waals surface area contributed by atoms with Gasteiger partial charge in [-0.15, -0.1) is 11.3 Å². The first-order chi connectivity index (χ1) is 11.3. The summed E-state index contributed by atoms with van der Waals surface area (Å²) in [5, 5.41) is 3.30. The summed E-state index contributed by atoms with van der Waals surface area (Å²) in [6, 6.07) is 3.43. The van der Waals surface area contributed by atoms with Gasteiger partial charge in [-0.3, -0.25) is 9.59 Å². The third-order valence-electron chi connectivity index (χ3n) is 3.98. The number of primary amides is 1. The van der Waals surface area contributed by atoms with Gasteiger partial charge in [0.05, 0.1) is 15.8 Å². The van der Waals surface area contributed by atoms with E-state index in [0.29, 0.717) is 21.9 Å². The van der Waals surface area contributed by atoms with Crippen LogP contribution in [0.1, 0.15) is 45.6 Å². The van der Waals surface area contributed by atoms with Crippen LogP contribution in [0.3, 0.4) is 0 Å². The molecule has 2 rings (SSSR count). The second kappa shape index (κ2) is 7.09. The molecule has 1 heterocycles. The van der Waals surface area contributed by atoms with E-state index in [0.717, 1.165) is 34.6 Å². The van der Waals surface area contributed by atoms with Crippen LogP contribution < -0.4 is 11.1 Å². The number of anilines is 1. The van der Waals surface area contributed by atoms with E-state index in [2.05, 4.69) is 5.32 Å². The maximum atomic E-state index is 13.4. The van der Waals surface area contributed by atoms with Gasteiger partial charge in [-0.05, 0) is 49.1 Å². The zero-order chi connectivity index (χ0) is 18.0. The number of benzene rings is 1. The largest absolute Gasteiger partial charge is 0.365 e. The number of hydrogen-bond donors (Lipinski definition) is 2. The second-order valence-corrected chi connectivity index (χ2v) is 6.52. The average molecular weight is 352 g/mol. The first-order valence-corrected chi connectivity index (χ1v) is 8.23. The van der Waals surface area contributed by atoms with Crippen molar-refractivity contribution in [3.8, 4) is 0 Å². The fraction of sp³-hybridized carbons (Fsp3) is 0.294. The molecule has 1 unspecified atom stereocenters. The van der Waals surface area contributed by atoms with Crippen molar-refractivity contribution in [3.63, 3.8) is 0 Å². The highest BCUT2D eigenvalue weighted by molar-refractivity contribution is 7.18. The SMILES string of the molecule is CCC(C(=O)Nc1sc(C(N)=O)c(C)c1C)c1ccc(F)c(F)c1. The molecule has 0 fully saturated rings. The van der Waals surface area contributed by atoms with Crippen LogP contribution in [-0.4, -0.2) is 11.8 Å². The van der Waals surface area contributed by atoms with Gasteiger partial charge >= 0.3 is 0 Å². The maximum absolute atomic E-state index is 13.4. The number of hydrogen-bond acceptors (Lipinski definition) is 3. The van der Waals surface area contributed by atoms with Gasteiger partial charge in [0.2, 0.25) is 5.91 Å². The molecule has 0 aliphatic rings. The van der Waals surface area contributed by atoms with E-state index in [9.17, 15) is 18.4 Å². The Balaban J connectivity index is 2.28. The molecule has 0 saturated heterocycles. The predicted octanol–water partition coefficient (Wildman–Crippen LogP) is 3.87. The topological polar surface area (TPSA) is 72.2 Å². The number of thiophene rings is 1. The monoisotopic (exact) mass is 352 g/mol. The highest BCUT2D eigenvalue weighted by Gasteiger charge is 2.23. The lowest BCUT2D eigenvalue weighted by atomic mass is 9.95. The van der Waals surface area contributed by atoms with Gasteiger partial charge in [0.1, 0.15) is 0 Å². The lowest BCUT2D eigenvalue weighted by molar-refractivity contribution is -0.117. The van der Waals surface area contributed by atoms with Crippen LogP contribution in [-0.2, 0) is 4.79 Å². The van der Waals surface area contributed by atoms with Gasteiger partial charge < -0.3 is 11.1 Å². The minimum Gasteiger partial charge on any atom is -0.365 e. The molecule has 4 nitrogen and oxygen atoms in total. The number of halogens is 2. The van der Waals surface area contributed by atoms with Crippen LogP contribution in [0.2, 0.25) is 0 Å². The summed E-state index contributed by atoms with van der Waals surface area (Å²) in [4.78, 5) is 24.3. The fourth-order valence-electron chi connectivity index (χ4n) is 2.45. The molecule has 0 saturated carbocycles. The second-order valence-electron chi connectivity index (χ2n) is 5.50. The molecule has 3 N–H and O–H groups in total. The Kier molecular flexibility index (Phi) is 5.33. The van der Waals surface area contributed by atoms with Crippen LogP contribution >= 0.6 is 11.3 Å². The standard InChI is InChI=1S/C17H18F2N2O2S/c1-4-11(10-5-6-12(18)13(19)7-10)16(23)21-17-9(3)8(2)14(24-17)15(20)22/h5-7,11H,4H2,1-3H3,(H2,20,22)(H,21,23). The molecule has 0 radical (unpaired) electrons. The number of nitrogens with one attached hydrogen (secondary N) is 1. The molecular weight excluding hydrogens is 334 g/mol. The van der Waals surface area contributed by atoms with E-state index in [1.54, 1.807) is 20.8 Å². The smallest absolute Gasteiger partial charge is 0.259 e. The van der Waals surface area contributed by atoms with Gasteiger partial charge in [-0.2, -0.15) is 0 Å². The van der Waals surface area contributed by atoms with E-state index in [4.69, 9.17) is 5.73 Å². The molecule has 7 heteroatoms. The summed E-state index contributed by atoms with van der Waals surface area (Å²) in [6.07, 6.45) is 0.420. The summed E-state index contributed by atoms with van der Waals surface area (Å²) in [5.74, 6) is -3.46. The van der Waals surface area contributed by atoms with Crippen molar-refractivity contribution in [1.29, 1.82) is 0 Å². The summed E-state index contributed by atoms with van der Waals surface area (Å²) in [6.45, 7) is 5.33. The van der Waals surface area contributed by atoms with Crippen LogP contribution in [0.15, 0.2) is 18.2 Å². The Morgan fingerprint density at radius 2 is 1.88 bits per heavy atom. The van der Waals surface area contributed by atoms with Crippen molar-refractivity contribution >= 4 is 28.2 Å². The summed E-state index contributed by atoms with van der Waals surface area (Å²) >= 11 is 1.11. The van der Waals surface area contributed by atoms with Gasteiger partial charge in [0.25, 0.3) is 5.91 Å². The lowest BCUT2D eigenvalue weighted by Crippen LogP contribution is -2.20. The Morgan fingerprint density at radius 1 is 1.21 bits per heavy atom. The van der Waals surface area contributed by atoms with Gasteiger partial charge in [-0.25, -0.2) is 8.78 Å². The van der Waals surface area contributed by atoms with Crippen molar-refractivity contribution in [3.05, 3.63) is 51.4 Å². The number of carbonyl (C=O) groups excluding carboxylic acids is 2. The molecule has 1 aromatic heterocycles. The fourth-order valence-corrected chi connectivity index (χ4v) is 3.52. The summed E-state index contributed by atoms with van der Waals surface area (Å²) in [7, 11) is 0. The normalized spacial score (nSPS) is 12.0. The first kappa shape index (κ1) is 18.1. The molecule has 0 aliphatic carbocycles. The molecular formula is C17H18F2N2O2S. The number of rotatable bonds is 5. The highest BCUT2D eigenvalue weighted by Crippen LogP contribution is 2.33. The van der Waals surface area contributed by atoms with Crippen LogP contribution in [0.5, 0.6) is 0 Å². The molecule has 2 amide bonds. The summed E-state index contributed by atoms with van der Waals surface area (Å²) in [5.41, 5.74) is 7.21. The van der Waals surface area contributed by atoms with E-state index in [-0.39, 0.29) is 5.91 Å². The van der Waals surface area contributed by atoms with Crippen molar-refractivity contribution in [2.75, 3.05) is 5.32 Å². The van der Waals surface area contributed by atoms with Gasteiger partial charge in [0, 0.05) is 0 Å². The highest BCUT2D eigenvalue weighted by atomic mass is 32.1. The molecule has 0 aliphatic heterocycles. The third-order valence-corrected chi connectivity index (χ3v) is 5.30. The Hall–Kier alpha value is -2.28. The van der Waals surface area contributed by atoms with E-state index in [1.807, 2.05) is 0 Å². The Morgan fingerprint density at radius 3 is 2.38 bits per heavy atom. The van der Waals surface area contributed by atoms with Crippen molar-refractivity contribution in [2.45, 2.75) is 33.1 Å². The molecule has 1 aromatic carbocycles. The number of amides is 2. The van der Waals surface area contributed by atoms with Crippen LogP contribution in [0.25, 0.3) is 0 Å². The molecule has 0 bridgehead atoms. The third kappa shape index (κ3) is 3.46. The minimum atomic E-state index is -0.988. The van der Waals surface area contributed by atoms with Crippen molar-refractivity contribution in [2.24, 2.45) is 5.73 Å². The van der Waals surface area contributed by atoms with E-state index < -0.39 is 23.5 Å². The zero-order valence-corrected chi connectivity index (χ0v) is 14.4. The Bertz CT molecular complexity index is 802. The first-order valence-electron chi connectivity index (χ1n) is 7.41. The van der Waals surface area contributed by atoms with Crippen LogP contribution in [0.4, 0.5) is 13.8 Å². The molecule has 128 valence electrons. The van der Waals surface area contributed by atoms with Gasteiger partial charge in [-0.1, -0.05) is 13.0 Å². The van der Waals surface area contributed by atoms with Crippen molar-refractivity contribution < 1.29 is 18.4 Å². The predicted molar refractivity (Wildman–Crippen MR) is 90.3 cm³/mol. The maximum Gasteiger partial charge on any atom is 0.259 e. The minimum absolute atomic E-state index is 0.344. The van der Waals surface area contributed by atoms with Crippen molar-refractivity contribution in [1.82, 2.24) is 0 Å². The molecule has 2 aromatic rings. The molecule has 24 heavy (non-hydrogen) atoms.